The van der Waals surface area contributed by atoms with Gasteiger partial charge in [0.15, 0.2) is 0 Å². The van der Waals surface area contributed by atoms with Crippen LogP contribution in [-0.2, 0) is 4.79 Å². The second-order valence-corrected chi connectivity index (χ2v) is 9.30. The number of hydrogen-bond acceptors (Lipinski definition) is 5. The number of non-ortho nitro benzene ring substituents is 1. The number of nitro benzene ring substituents is 1. The molecule has 0 aliphatic heterocycles. The molecule has 4 rings (SSSR count). The lowest BCUT2D eigenvalue weighted by molar-refractivity contribution is -0.384. The van der Waals surface area contributed by atoms with Gasteiger partial charge < -0.3 is 10.2 Å². The van der Waals surface area contributed by atoms with Gasteiger partial charge >= 0.3 is 0 Å². The van der Waals surface area contributed by atoms with Crippen LogP contribution in [0.25, 0.3) is 16.8 Å². The molecule has 0 unspecified atom stereocenters. The third-order valence-electron chi connectivity index (χ3n) is 6.18. The molecule has 38 heavy (non-hydrogen) atoms. The first-order valence-electron chi connectivity index (χ1n) is 12.2. The van der Waals surface area contributed by atoms with Gasteiger partial charge in [0.25, 0.3) is 11.6 Å². The van der Waals surface area contributed by atoms with E-state index in [4.69, 9.17) is 5.10 Å². The zero-order valence-corrected chi connectivity index (χ0v) is 21.7. The van der Waals surface area contributed by atoms with Crippen LogP contribution in [0.1, 0.15) is 35.5 Å². The largest absolute Gasteiger partial charge is 0.327 e. The fourth-order valence-electron chi connectivity index (χ4n) is 4.17. The molecule has 0 radical (unpaired) electrons. The molecule has 3 aromatic carbocycles. The summed E-state index contributed by atoms with van der Waals surface area (Å²) in [6, 6.07) is 22.6. The number of aromatic nitrogens is 2. The van der Waals surface area contributed by atoms with Crippen molar-refractivity contribution in [3.63, 3.8) is 0 Å². The van der Waals surface area contributed by atoms with Crippen molar-refractivity contribution in [2.45, 2.75) is 33.7 Å². The minimum atomic E-state index is -0.522. The maximum Gasteiger partial charge on any atom is 0.269 e. The molecule has 0 saturated carbocycles. The van der Waals surface area contributed by atoms with Crippen molar-refractivity contribution in [1.82, 2.24) is 14.7 Å². The predicted molar refractivity (Wildman–Crippen MR) is 146 cm³/mol. The monoisotopic (exact) mass is 511 g/mol. The molecular formula is C29H29N5O4. The highest BCUT2D eigenvalue weighted by atomic mass is 16.6. The zero-order valence-electron chi connectivity index (χ0n) is 21.7. The first kappa shape index (κ1) is 26.3. The first-order chi connectivity index (χ1) is 18.2. The average Bonchev–Trinajstić information content (AvgIpc) is 3.22. The fraction of sp³-hybridized carbons (Fsp3) is 0.207. The Balaban J connectivity index is 1.66. The maximum absolute atomic E-state index is 13.4. The van der Waals surface area contributed by atoms with Gasteiger partial charge in [-0.15, -0.1) is 0 Å². The van der Waals surface area contributed by atoms with Gasteiger partial charge in [-0.1, -0.05) is 48.0 Å². The van der Waals surface area contributed by atoms with Gasteiger partial charge in [-0.2, -0.15) is 5.10 Å². The lowest BCUT2D eigenvalue weighted by atomic mass is 10.1. The van der Waals surface area contributed by atoms with Crippen LogP contribution < -0.4 is 5.32 Å². The molecule has 0 bridgehead atoms. The number of aryl methyl sites for hydroxylation is 2. The smallest absolute Gasteiger partial charge is 0.269 e. The summed E-state index contributed by atoms with van der Waals surface area (Å²) in [7, 11) is 0. The molecule has 1 N–H and O–H groups in total. The standard InChI is InChI=1S/C29H29N5O4/c1-19(2)32(29(36)23-12-16-25(17-13-23)34(37)38)18-26(35)30-28-27(22-8-6-5-7-9-22)21(4)31-33(28)24-14-10-20(3)11-15-24/h5-17,19H,18H2,1-4H3,(H,30,35). The number of rotatable bonds is 8. The summed E-state index contributed by atoms with van der Waals surface area (Å²) in [6.45, 7) is 7.30. The van der Waals surface area contributed by atoms with Gasteiger partial charge in [-0.05, 0) is 57.5 Å². The van der Waals surface area contributed by atoms with Crippen molar-refractivity contribution < 1.29 is 14.5 Å². The van der Waals surface area contributed by atoms with Crippen LogP contribution in [0.15, 0.2) is 78.9 Å². The summed E-state index contributed by atoms with van der Waals surface area (Å²) >= 11 is 0. The third kappa shape index (κ3) is 5.62. The van der Waals surface area contributed by atoms with E-state index in [-0.39, 0.29) is 29.7 Å². The summed E-state index contributed by atoms with van der Waals surface area (Å²) in [5.74, 6) is -0.273. The van der Waals surface area contributed by atoms with Crippen molar-refractivity contribution >= 4 is 23.3 Å². The maximum atomic E-state index is 13.4. The number of anilines is 1. The molecule has 4 aromatic rings. The second kappa shape index (κ2) is 11.1. The first-order valence-corrected chi connectivity index (χ1v) is 12.2. The van der Waals surface area contributed by atoms with E-state index in [2.05, 4.69) is 5.32 Å². The molecule has 1 aromatic heterocycles. The summed E-state index contributed by atoms with van der Waals surface area (Å²) in [6.07, 6.45) is 0. The highest BCUT2D eigenvalue weighted by molar-refractivity contribution is 6.01. The Kier molecular flexibility index (Phi) is 7.66. The van der Waals surface area contributed by atoms with Gasteiger partial charge in [0.05, 0.1) is 16.3 Å². The molecule has 1 heterocycles. The van der Waals surface area contributed by atoms with Gasteiger partial charge in [0, 0.05) is 29.3 Å². The summed E-state index contributed by atoms with van der Waals surface area (Å²) in [5.41, 5.74) is 4.49. The lowest BCUT2D eigenvalue weighted by Crippen LogP contribution is -2.42. The highest BCUT2D eigenvalue weighted by Gasteiger charge is 2.25. The summed E-state index contributed by atoms with van der Waals surface area (Å²) in [4.78, 5) is 38.5. The molecule has 0 saturated heterocycles. The van der Waals surface area contributed by atoms with E-state index in [1.807, 2.05) is 82.3 Å². The normalized spacial score (nSPS) is 10.9. The second-order valence-electron chi connectivity index (χ2n) is 9.30. The van der Waals surface area contributed by atoms with Crippen LogP contribution in [0.2, 0.25) is 0 Å². The van der Waals surface area contributed by atoms with Crippen LogP contribution in [0.5, 0.6) is 0 Å². The van der Waals surface area contributed by atoms with E-state index in [9.17, 15) is 19.7 Å². The number of amides is 2. The van der Waals surface area contributed by atoms with E-state index in [0.717, 1.165) is 28.1 Å². The lowest BCUT2D eigenvalue weighted by Gasteiger charge is -2.26. The van der Waals surface area contributed by atoms with Crippen LogP contribution in [-0.4, -0.2) is 44.0 Å². The molecule has 194 valence electrons. The SMILES string of the molecule is Cc1ccc(-n2nc(C)c(-c3ccccc3)c2NC(=O)CN(C(=O)c2ccc([N+](=O)[O-])cc2)C(C)C)cc1. The summed E-state index contributed by atoms with van der Waals surface area (Å²) in [5, 5.41) is 18.7. The Bertz CT molecular complexity index is 1460. The number of carbonyl (C=O) groups is 2. The molecule has 0 spiro atoms. The molecule has 0 aliphatic rings. The molecule has 9 heteroatoms. The number of hydrogen-bond donors (Lipinski definition) is 1. The third-order valence-corrected chi connectivity index (χ3v) is 6.18. The minimum absolute atomic E-state index is 0.108. The van der Waals surface area contributed by atoms with Crippen molar-refractivity contribution in [3.05, 3.63) is 106 Å². The average molecular weight is 512 g/mol. The van der Waals surface area contributed by atoms with Gasteiger partial charge in [-0.3, -0.25) is 19.7 Å². The predicted octanol–water partition coefficient (Wildman–Crippen LogP) is 5.55. The fourth-order valence-corrected chi connectivity index (χ4v) is 4.17. The molecule has 2 amide bonds. The number of nitrogens with one attached hydrogen (secondary N) is 1. The van der Waals surface area contributed by atoms with Crippen LogP contribution in [0.3, 0.4) is 0 Å². The quantitative estimate of drug-likeness (QED) is 0.246. The topological polar surface area (TPSA) is 110 Å². The molecule has 9 nitrogen and oxygen atoms in total. The Morgan fingerprint density at radius 3 is 2.18 bits per heavy atom. The Morgan fingerprint density at radius 2 is 1.61 bits per heavy atom. The molecule has 0 aliphatic carbocycles. The van der Waals surface area contributed by atoms with Crippen molar-refractivity contribution in [2.24, 2.45) is 0 Å². The van der Waals surface area contributed by atoms with E-state index in [0.29, 0.717) is 5.82 Å². The van der Waals surface area contributed by atoms with Gasteiger partial charge in [0.2, 0.25) is 5.91 Å². The van der Waals surface area contributed by atoms with Crippen LogP contribution >= 0.6 is 0 Å². The van der Waals surface area contributed by atoms with Crippen LogP contribution in [0.4, 0.5) is 11.5 Å². The zero-order chi connectivity index (χ0) is 27.4. The highest BCUT2D eigenvalue weighted by Crippen LogP contribution is 2.33. The van der Waals surface area contributed by atoms with E-state index in [1.165, 1.54) is 29.2 Å². The summed E-state index contributed by atoms with van der Waals surface area (Å²) < 4.78 is 1.70. The van der Waals surface area contributed by atoms with Crippen LogP contribution in [0, 0.1) is 24.0 Å². The molecular weight excluding hydrogens is 482 g/mol. The van der Waals surface area contributed by atoms with E-state index < -0.39 is 10.8 Å². The Morgan fingerprint density at radius 1 is 0.974 bits per heavy atom. The van der Waals surface area contributed by atoms with E-state index >= 15 is 0 Å². The van der Waals surface area contributed by atoms with Crippen molar-refractivity contribution in [1.29, 1.82) is 0 Å². The number of carbonyl (C=O) groups excluding carboxylic acids is 2. The number of nitrogens with zero attached hydrogens (tertiary/aromatic N) is 4. The van der Waals surface area contributed by atoms with Crippen molar-refractivity contribution in [2.75, 3.05) is 11.9 Å². The van der Waals surface area contributed by atoms with Gasteiger partial charge in [-0.25, -0.2) is 4.68 Å². The van der Waals surface area contributed by atoms with Gasteiger partial charge in [0.1, 0.15) is 12.4 Å². The minimum Gasteiger partial charge on any atom is -0.327 e. The molecule has 0 fully saturated rings. The number of benzene rings is 3. The molecule has 0 atom stereocenters. The Hall–Kier alpha value is -4.79. The number of nitro groups is 1. The Labute approximate surface area is 220 Å². The van der Waals surface area contributed by atoms with Crippen molar-refractivity contribution in [3.8, 4) is 16.8 Å². The van der Waals surface area contributed by atoms with E-state index in [1.54, 1.807) is 4.68 Å².